The van der Waals surface area contributed by atoms with E-state index in [1.54, 1.807) is 0 Å². The maximum Gasteiger partial charge on any atom is 0.224 e. The lowest BCUT2D eigenvalue weighted by Gasteiger charge is -2.38. The van der Waals surface area contributed by atoms with Gasteiger partial charge in [-0.15, -0.1) is 0 Å². The summed E-state index contributed by atoms with van der Waals surface area (Å²) in [6.45, 7) is 8.84. The van der Waals surface area contributed by atoms with Gasteiger partial charge in [-0.05, 0) is 24.8 Å². The molecule has 0 radical (unpaired) electrons. The Morgan fingerprint density at radius 3 is 2.60 bits per heavy atom. The number of carbonyl (C=O) groups excluding carboxylic acids is 1. The van der Waals surface area contributed by atoms with Crippen molar-refractivity contribution in [3.05, 3.63) is 0 Å². The topological polar surface area (TPSA) is 41.1 Å². The van der Waals surface area contributed by atoms with Gasteiger partial charge in [0, 0.05) is 19.0 Å². The number of nitrogens with one attached hydrogen (secondary N) is 2. The molecule has 1 unspecified atom stereocenters. The SMILES string of the molecule is CCNCC(C)C(=O)NCC1(C)CCC1. The summed E-state index contributed by atoms with van der Waals surface area (Å²) in [7, 11) is 0. The molecule has 1 aliphatic rings. The average Bonchev–Trinajstić information content (AvgIpc) is 2.19. The summed E-state index contributed by atoms with van der Waals surface area (Å²) < 4.78 is 0. The number of amides is 1. The van der Waals surface area contributed by atoms with Crippen molar-refractivity contribution in [3.8, 4) is 0 Å². The van der Waals surface area contributed by atoms with Crippen LogP contribution >= 0.6 is 0 Å². The van der Waals surface area contributed by atoms with E-state index in [4.69, 9.17) is 0 Å². The predicted octanol–water partition coefficient (Wildman–Crippen LogP) is 1.54. The molecular weight excluding hydrogens is 188 g/mol. The first-order valence-electron chi connectivity index (χ1n) is 6.06. The van der Waals surface area contributed by atoms with E-state index in [1.807, 2.05) is 6.92 Å². The van der Waals surface area contributed by atoms with Crippen LogP contribution in [0.1, 0.15) is 40.0 Å². The summed E-state index contributed by atoms with van der Waals surface area (Å²) in [5, 5.41) is 6.25. The Bertz CT molecular complexity index is 212. The summed E-state index contributed by atoms with van der Waals surface area (Å²) >= 11 is 0. The number of rotatable bonds is 6. The van der Waals surface area contributed by atoms with Crippen molar-refractivity contribution in [3.63, 3.8) is 0 Å². The molecule has 0 heterocycles. The summed E-state index contributed by atoms with van der Waals surface area (Å²) in [6.07, 6.45) is 3.84. The zero-order valence-corrected chi connectivity index (χ0v) is 10.2. The lowest BCUT2D eigenvalue weighted by molar-refractivity contribution is -0.125. The van der Waals surface area contributed by atoms with Crippen molar-refractivity contribution in [2.45, 2.75) is 40.0 Å². The van der Waals surface area contributed by atoms with Crippen molar-refractivity contribution >= 4 is 5.91 Å². The zero-order chi connectivity index (χ0) is 11.3. The van der Waals surface area contributed by atoms with Gasteiger partial charge in [0.2, 0.25) is 5.91 Å². The van der Waals surface area contributed by atoms with Gasteiger partial charge in [0.1, 0.15) is 0 Å². The van der Waals surface area contributed by atoms with Crippen molar-refractivity contribution in [1.29, 1.82) is 0 Å². The second-order valence-electron chi connectivity index (χ2n) is 5.09. The van der Waals surface area contributed by atoms with E-state index >= 15 is 0 Å². The molecule has 1 fully saturated rings. The number of hydrogen-bond acceptors (Lipinski definition) is 2. The van der Waals surface area contributed by atoms with E-state index in [2.05, 4.69) is 24.5 Å². The molecule has 1 rings (SSSR count). The van der Waals surface area contributed by atoms with Crippen LogP contribution in [0.4, 0.5) is 0 Å². The molecule has 0 spiro atoms. The van der Waals surface area contributed by atoms with Gasteiger partial charge in [-0.2, -0.15) is 0 Å². The summed E-state index contributed by atoms with van der Waals surface area (Å²) in [5.74, 6) is 0.262. The molecule has 1 atom stereocenters. The first-order chi connectivity index (χ1) is 7.07. The van der Waals surface area contributed by atoms with Crippen LogP contribution in [0.15, 0.2) is 0 Å². The molecule has 0 aromatic heterocycles. The van der Waals surface area contributed by atoms with Gasteiger partial charge in [-0.1, -0.05) is 27.2 Å². The minimum Gasteiger partial charge on any atom is -0.355 e. The van der Waals surface area contributed by atoms with Gasteiger partial charge in [0.15, 0.2) is 0 Å². The van der Waals surface area contributed by atoms with Crippen LogP contribution in [-0.4, -0.2) is 25.5 Å². The summed E-state index contributed by atoms with van der Waals surface area (Å²) in [4.78, 5) is 11.7. The maximum absolute atomic E-state index is 11.7. The highest BCUT2D eigenvalue weighted by Crippen LogP contribution is 2.39. The van der Waals surface area contributed by atoms with Crippen molar-refractivity contribution in [2.75, 3.05) is 19.6 Å². The Kier molecular flexibility index (Phi) is 4.58. The largest absolute Gasteiger partial charge is 0.355 e. The van der Waals surface area contributed by atoms with Crippen molar-refractivity contribution in [2.24, 2.45) is 11.3 Å². The molecule has 15 heavy (non-hydrogen) atoms. The molecule has 1 saturated carbocycles. The van der Waals surface area contributed by atoms with Gasteiger partial charge in [-0.3, -0.25) is 4.79 Å². The third-order valence-electron chi connectivity index (χ3n) is 3.40. The van der Waals surface area contributed by atoms with Crippen LogP contribution in [-0.2, 0) is 4.79 Å². The molecule has 88 valence electrons. The highest BCUT2D eigenvalue weighted by atomic mass is 16.1. The second-order valence-corrected chi connectivity index (χ2v) is 5.09. The lowest BCUT2D eigenvalue weighted by Crippen LogP contribution is -2.43. The number of carbonyl (C=O) groups is 1. The third-order valence-corrected chi connectivity index (χ3v) is 3.40. The Hall–Kier alpha value is -0.570. The van der Waals surface area contributed by atoms with Crippen LogP contribution in [0.5, 0.6) is 0 Å². The van der Waals surface area contributed by atoms with Gasteiger partial charge >= 0.3 is 0 Å². The molecule has 3 nitrogen and oxygen atoms in total. The average molecular weight is 212 g/mol. The quantitative estimate of drug-likeness (QED) is 0.701. The van der Waals surface area contributed by atoms with Crippen LogP contribution < -0.4 is 10.6 Å². The minimum absolute atomic E-state index is 0.0774. The molecular formula is C12H24N2O. The Balaban J connectivity index is 2.17. The molecule has 2 N–H and O–H groups in total. The molecule has 0 bridgehead atoms. The summed E-state index contributed by atoms with van der Waals surface area (Å²) in [5.41, 5.74) is 0.383. The van der Waals surface area contributed by atoms with Gasteiger partial charge < -0.3 is 10.6 Å². The second kappa shape index (κ2) is 5.50. The Morgan fingerprint density at radius 2 is 2.13 bits per heavy atom. The fourth-order valence-electron chi connectivity index (χ4n) is 1.89. The lowest BCUT2D eigenvalue weighted by atomic mass is 9.70. The minimum atomic E-state index is 0.0774. The smallest absolute Gasteiger partial charge is 0.224 e. The first kappa shape index (κ1) is 12.5. The van der Waals surface area contributed by atoms with E-state index in [0.29, 0.717) is 5.41 Å². The van der Waals surface area contributed by atoms with Crippen molar-refractivity contribution in [1.82, 2.24) is 10.6 Å². The predicted molar refractivity (Wildman–Crippen MR) is 62.7 cm³/mol. The van der Waals surface area contributed by atoms with E-state index in [0.717, 1.165) is 19.6 Å². The fraction of sp³-hybridized carbons (Fsp3) is 0.917. The fourth-order valence-corrected chi connectivity index (χ4v) is 1.89. The molecule has 3 heteroatoms. The van der Waals surface area contributed by atoms with Gasteiger partial charge in [0.25, 0.3) is 0 Å². The van der Waals surface area contributed by atoms with Crippen LogP contribution in [0, 0.1) is 11.3 Å². The highest BCUT2D eigenvalue weighted by Gasteiger charge is 2.32. The van der Waals surface area contributed by atoms with Crippen LogP contribution in [0.25, 0.3) is 0 Å². The van der Waals surface area contributed by atoms with E-state index in [-0.39, 0.29) is 11.8 Å². The third kappa shape index (κ3) is 3.82. The molecule has 0 aromatic carbocycles. The monoisotopic (exact) mass is 212 g/mol. The molecule has 1 amide bonds. The Labute approximate surface area is 93.0 Å². The standard InChI is InChI=1S/C12H24N2O/c1-4-13-8-10(2)11(15)14-9-12(3)6-5-7-12/h10,13H,4-9H2,1-3H3,(H,14,15). The van der Waals surface area contributed by atoms with Crippen molar-refractivity contribution < 1.29 is 4.79 Å². The van der Waals surface area contributed by atoms with E-state index in [9.17, 15) is 4.79 Å². The van der Waals surface area contributed by atoms with Gasteiger partial charge in [0.05, 0.1) is 0 Å². The van der Waals surface area contributed by atoms with E-state index in [1.165, 1.54) is 19.3 Å². The molecule has 0 aliphatic heterocycles. The zero-order valence-electron chi connectivity index (χ0n) is 10.2. The Morgan fingerprint density at radius 1 is 1.47 bits per heavy atom. The van der Waals surface area contributed by atoms with Crippen LogP contribution in [0.3, 0.4) is 0 Å². The molecule has 0 saturated heterocycles. The number of hydrogen-bond donors (Lipinski definition) is 2. The van der Waals surface area contributed by atoms with Crippen LogP contribution in [0.2, 0.25) is 0 Å². The first-order valence-corrected chi connectivity index (χ1v) is 6.06. The maximum atomic E-state index is 11.7. The van der Waals surface area contributed by atoms with E-state index < -0.39 is 0 Å². The van der Waals surface area contributed by atoms with Gasteiger partial charge in [-0.25, -0.2) is 0 Å². The highest BCUT2D eigenvalue weighted by molar-refractivity contribution is 5.78. The molecule has 1 aliphatic carbocycles. The normalized spacial score (nSPS) is 20.5. The summed E-state index contributed by atoms with van der Waals surface area (Å²) in [6, 6.07) is 0. The molecule has 0 aromatic rings.